The summed E-state index contributed by atoms with van der Waals surface area (Å²) in [7, 11) is 0. The molecule has 0 aliphatic heterocycles. The lowest BCUT2D eigenvalue weighted by Crippen LogP contribution is -2.25. The van der Waals surface area contributed by atoms with Gasteiger partial charge in [-0.05, 0) is 30.5 Å². The fourth-order valence-electron chi connectivity index (χ4n) is 1.53. The van der Waals surface area contributed by atoms with E-state index in [1.807, 2.05) is 6.07 Å². The number of hydrogen-bond donors (Lipinski definition) is 1. The van der Waals surface area contributed by atoms with Crippen molar-refractivity contribution in [1.29, 1.82) is 5.26 Å². The van der Waals surface area contributed by atoms with E-state index in [1.165, 1.54) is 0 Å². The number of benzene rings is 1. The predicted molar refractivity (Wildman–Crippen MR) is 73.8 cm³/mol. The maximum atomic E-state index is 11.8. The van der Waals surface area contributed by atoms with E-state index in [-0.39, 0.29) is 5.91 Å². The molecule has 0 heterocycles. The van der Waals surface area contributed by atoms with E-state index >= 15 is 0 Å². The largest absolute Gasteiger partial charge is 0.381 e. The molecule has 1 rings (SSSR count). The van der Waals surface area contributed by atoms with Crippen molar-refractivity contribution in [3.63, 3.8) is 0 Å². The summed E-state index contributed by atoms with van der Waals surface area (Å²) in [6.45, 7) is 6.18. The molecule has 0 atom stereocenters. The van der Waals surface area contributed by atoms with Crippen LogP contribution in [-0.4, -0.2) is 25.7 Å². The molecule has 4 heteroatoms. The second-order valence-corrected chi connectivity index (χ2v) is 4.77. The lowest BCUT2D eigenvalue weighted by molar-refractivity contribution is 0.0925. The predicted octanol–water partition coefficient (Wildman–Crippen LogP) is 2.35. The molecule has 0 bridgehead atoms. The van der Waals surface area contributed by atoms with Crippen LogP contribution in [0.15, 0.2) is 24.3 Å². The molecular formula is C15H20N2O2. The normalized spacial score (nSPS) is 10.2. The second kappa shape index (κ2) is 8.28. The fourth-order valence-corrected chi connectivity index (χ4v) is 1.53. The number of carbonyl (C=O) groups is 1. The van der Waals surface area contributed by atoms with E-state index in [0.29, 0.717) is 30.2 Å². The van der Waals surface area contributed by atoms with Gasteiger partial charge in [0.05, 0.1) is 11.6 Å². The van der Waals surface area contributed by atoms with E-state index < -0.39 is 0 Å². The van der Waals surface area contributed by atoms with E-state index in [4.69, 9.17) is 10.00 Å². The highest BCUT2D eigenvalue weighted by atomic mass is 16.5. The summed E-state index contributed by atoms with van der Waals surface area (Å²) < 4.78 is 5.42. The smallest absolute Gasteiger partial charge is 0.251 e. The first-order chi connectivity index (χ1) is 9.13. The van der Waals surface area contributed by atoms with Crippen molar-refractivity contribution >= 4 is 5.91 Å². The number of amides is 1. The van der Waals surface area contributed by atoms with Crippen molar-refractivity contribution in [2.24, 2.45) is 5.92 Å². The number of ether oxygens (including phenoxy) is 1. The molecule has 19 heavy (non-hydrogen) atoms. The van der Waals surface area contributed by atoms with Crippen molar-refractivity contribution in [2.75, 3.05) is 19.8 Å². The lowest BCUT2D eigenvalue weighted by atomic mass is 10.1. The van der Waals surface area contributed by atoms with Crippen LogP contribution < -0.4 is 5.32 Å². The maximum Gasteiger partial charge on any atom is 0.251 e. The van der Waals surface area contributed by atoms with Gasteiger partial charge in [-0.1, -0.05) is 19.9 Å². The Balaban J connectivity index is 2.26. The molecule has 0 saturated carbocycles. The van der Waals surface area contributed by atoms with E-state index in [1.54, 1.807) is 24.3 Å². The summed E-state index contributed by atoms with van der Waals surface area (Å²) >= 11 is 0. The minimum atomic E-state index is -0.152. The zero-order valence-corrected chi connectivity index (χ0v) is 11.5. The maximum absolute atomic E-state index is 11.8. The third-order valence-electron chi connectivity index (χ3n) is 2.46. The summed E-state index contributed by atoms with van der Waals surface area (Å²) in [5.74, 6) is 0.379. The average Bonchev–Trinajstić information content (AvgIpc) is 2.42. The Labute approximate surface area is 114 Å². The summed E-state index contributed by atoms with van der Waals surface area (Å²) in [5, 5.41) is 11.6. The number of rotatable bonds is 7. The lowest BCUT2D eigenvalue weighted by Gasteiger charge is -2.08. The van der Waals surface area contributed by atoms with E-state index in [2.05, 4.69) is 19.2 Å². The van der Waals surface area contributed by atoms with Crippen LogP contribution in [0.1, 0.15) is 36.2 Å². The first kappa shape index (κ1) is 15.2. The van der Waals surface area contributed by atoms with Gasteiger partial charge in [0.1, 0.15) is 0 Å². The monoisotopic (exact) mass is 260 g/mol. The molecule has 1 N–H and O–H groups in total. The quantitative estimate of drug-likeness (QED) is 0.765. The average molecular weight is 260 g/mol. The van der Waals surface area contributed by atoms with Gasteiger partial charge in [-0.25, -0.2) is 0 Å². The summed E-state index contributed by atoms with van der Waals surface area (Å²) in [5.41, 5.74) is 1.01. The van der Waals surface area contributed by atoms with Crippen molar-refractivity contribution in [2.45, 2.75) is 20.3 Å². The van der Waals surface area contributed by atoms with Crippen LogP contribution in [-0.2, 0) is 4.74 Å². The molecule has 0 unspecified atom stereocenters. The molecule has 0 radical (unpaired) electrons. The number of nitriles is 1. The first-order valence-electron chi connectivity index (χ1n) is 6.49. The molecule has 0 saturated heterocycles. The highest BCUT2D eigenvalue weighted by molar-refractivity contribution is 5.94. The van der Waals surface area contributed by atoms with Gasteiger partial charge in [0.25, 0.3) is 5.91 Å². The van der Waals surface area contributed by atoms with Crippen LogP contribution >= 0.6 is 0 Å². The minimum absolute atomic E-state index is 0.152. The van der Waals surface area contributed by atoms with E-state index in [0.717, 1.165) is 13.0 Å². The van der Waals surface area contributed by atoms with Crippen LogP contribution in [0, 0.1) is 17.2 Å². The summed E-state index contributed by atoms with van der Waals surface area (Å²) in [4.78, 5) is 11.8. The number of hydrogen-bond acceptors (Lipinski definition) is 3. The molecule has 102 valence electrons. The fraction of sp³-hybridized carbons (Fsp3) is 0.467. The molecule has 1 amide bonds. The van der Waals surface area contributed by atoms with Crippen molar-refractivity contribution in [3.05, 3.63) is 35.4 Å². The number of nitrogens with one attached hydrogen (secondary N) is 1. The topological polar surface area (TPSA) is 62.1 Å². The highest BCUT2D eigenvalue weighted by Gasteiger charge is 2.05. The second-order valence-electron chi connectivity index (χ2n) is 4.77. The first-order valence-corrected chi connectivity index (χ1v) is 6.49. The third-order valence-corrected chi connectivity index (χ3v) is 2.46. The molecular weight excluding hydrogens is 240 g/mol. The van der Waals surface area contributed by atoms with Crippen LogP contribution in [0.3, 0.4) is 0 Å². The van der Waals surface area contributed by atoms with Gasteiger partial charge in [-0.15, -0.1) is 0 Å². The SMILES string of the molecule is CC(C)COCCCNC(=O)c1cccc(C#N)c1. The molecule has 1 aromatic carbocycles. The van der Waals surface area contributed by atoms with Gasteiger partial charge in [0, 0.05) is 25.3 Å². The number of nitrogens with zero attached hydrogens (tertiary/aromatic N) is 1. The van der Waals surface area contributed by atoms with Gasteiger partial charge >= 0.3 is 0 Å². The molecule has 0 fully saturated rings. The third kappa shape index (κ3) is 6.03. The standard InChI is InChI=1S/C15H20N2O2/c1-12(2)11-19-8-4-7-17-15(18)14-6-3-5-13(9-14)10-16/h3,5-6,9,12H,4,7-8,11H2,1-2H3,(H,17,18). The Morgan fingerprint density at radius 2 is 2.26 bits per heavy atom. The van der Waals surface area contributed by atoms with E-state index in [9.17, 15) is 4.79 Å². The van der Waals surface area contributed by atoms with Crippen LogP contribution in [0.5, 0.6) is 0 Å². The summed E-state index contributed by atoms with van der Waals surface area (Å²) in [6, 6.07) is 8.69. The molecule has 0 aliphatic carbocycles. The zero-order chi connectivity index (χ0) is 14.1. The van der Waals surface area contributed by atoms with Crippen molar-refractivity contribution in [3.8, 4) is 6.07 Å². The van der Waals surface area contributed by atoms with Crippen molar-refractivity contribution in [1.82, 2.24) is 5.32 Å². The highest BCUT2D eigenvalue weighted by Crippen LogP contribution is 2.03. The summed E-state index contributed by atoms with van der Waals surface area (Å²) in [6.07, 6.45) is 0.788. The van der Waals surface area contributed by atoms with Crippen LogP contribution in [0.4, 0.5) is 0 Å². The Morgan fingerprint density at radius 3 is 2.95 bits per heavy atom. The van der Waals surface area contributed by atoms with Crippen LogP contribution in [0.2, 0.25) is 0 Å². The zero-order valence-electron chi connectivity index (χ0n) is 11.5. The van der Waals surface area contributed by atoms with Gasteiger partial charge in [0.15, 0.2) is 0 Å². The minimum Gasteiger partial charge on any atom is -0.381 e. The van der Waals surface area contributed by atoms with Gasteiger partial charge in [-0.3, -0.25) is 4.79 Å². The molecule has 0 spiro atoms. The van der Waals surface area contributed by atoms with Crippen molar-refractivity contribution < 1.29 is 9.53 Å². The Hall–Kier alpha value is -1.86. The Kier molecular flexibility index (Phi) is 6.62. The van der Waals surface area contributed by atoms with Gasteiger partial charge < -0.3 is 10.1 Å². The number of carbonyl (C=O) groups excluding carboxylic acids is 1. The Bertz CT molecular complexity index is 450. The Morgan fingerprint density at radius 1 is 1.47 bits per heavy atom. The molecule has 4 nitrogen and oxygen atoms in total. The van der Waals surface area contributed by atoms with Crippen LogP contribution in [0.25, 0.3) is 0 Å². The molecule has 0 aliphatic rings. The molecule has 0 aromatic heterocycles. The van der Waals surface area contributed by atoms with Gasteiger partial charge in [0.2, 0.25) is 0 Å². The molecule has 1 aromatic rings. The van der Waals surface area contributed by atoms with Gasteiger partial charge in [-0.2, -0.15) is 5.26 Å².